The van der Waals surface area contributed by atoms with Gasteiger partial charge in [-0.2, -0.15) is 11.8 Å². The van der Waals surface area contributed by atoms with E-state index < -0.39 is 0 Å². The molecule has 0 saturated heterocycles. The van der Waals surface area contributed by atoms with Crippen LogP contribution in [0.5, 0.6) is 0 Å². The van der Waals surface area contributed by atoms with Crippen molar-refractivity contribution < 1.29 is 19.7 Å². The highest BCUT2D eigenvalue weighted by Gasteiger charge is 2.34. The number of hydrogen-bond acceptors (Lipinski definition) is 5. The highest BCUT2D eigenvalue weighted by atomic mass is 32.2. The van der Waals surface area contributed by atoms with Crippen molar-refractivity contribution in [2.45, 2.75) is 95.0 Å². The van der Waals surface area contributed by atoms with E-state index in [1.165, 1.54) is 5.56 Å². The number of unbranched alkanes of at least 4 members (excludes halogenated alkanes) is 3. The number of esters is 1. The summed E-state index contributed by atoms with van der Waals surface area (Å²) in [5, 5.41) is 21.2. The lowest BCUT2D eigenvalue weighted by atomic mass is 9.97. The standard InChI is InChI=1S/C25H40O4S/c1-2-29-25(28)16-9-4-3-8-15-22-23(27)17-18-24(22)30-19-21(26)14-10-13-20-11-6-5-7-12-20/h5-7,11-12,21-24,26-27H,2-4,8-10,13-19H2,1H3. The minimum absolute atomic E-state index is 0.0949. The first-order chi connectivity index (χ1) is 14.6. The number of ether oxygens (including phenoxy) is 1. The van der Waals surface area contributed by atoms with Gasteiger partial charge >= 0.3 is 5.97 Å². The normalized spacial score (nSPS) is 22.2. The summed E-state index contributed by atoms with van der Waals surface area (Å²) in [5.74, 6) is 1.02. The van der Waals surface area contributed by atoms with Crippen LogP contribution in [0, 0.1) is 5.92 Å². The fourth-order valence-electron chi connectivity index (χ4n) is 4.34. The lowest BCUT2D eigenvalue weighted by Gasteiger charge is -2.23. The maximum Gasteiger partial charge on any atom is 0.305 e. The lowest BCUT2D eigenvalue weighted by Crippen LogP contribution is -2.22. The molecule has 1 saturated carbocycles. The Morgan fingerprint density at radius 1 is 1.13 bits per heavy atom. The van der Waals surface area contributed by atoms with Crippen molar-refractivity contribution >= 4 is 17.7 Å². The fourth-order valence-corrected chi connectivity index (χ4v) is 5.84. The van der Waals surface area contributed by atoms with E-state index in [1.54, 1.807) is 0 Å². The van der Waals surface area contributed by atoms with Gasteiger partial charge in [0.1, 0.15) is 0 Å². The summed E-state index contributed by atoms with van der Waals surface area (Å²) < 4.78 is 4.96. The lowest BCUT2D eigenvalue weighted by molar-refractivity contribution is -0.143. The van der Waals surface area contributed by atoms with Gasteiger partial charge in [-0.3, -0.25) is 4.79 Å². The molecular formula is C25H40O4S. The Balaban J connectivity index is 1.57. The summed E-state index contributed by atoms with van der Waals surface area (Å²) in [6, 6.07) is 10.4. The predicted octanol–water partition coefficient (Wildman–Crippen LogP) is 5.15. The number of aliphatic hydroxyl groups excluding tert-OH is 2. The second-order valence-electron chi connectivity index (χ2n) is 8.47. The largest absolute Gasteiger partial charge is 0.466 e. The molecule has 4 atom stereocenters. The molecule has 1 aliphatic carbocycles. The van der Waals surface area contributed by atoms with E-state index >= 15 is 0 Å². The third kappa shape index (κ3) is 9.84. The summed E-state index contributed by atoms with van der Waals surface area (Å²) in [5.41, 5.74) is 1.33. The van der Waals surface area contributed by atoms with Gasteiger partial charge in [-0.25, -0.2) is 0 Å². The van der Waals surface area contributed by atoms with Crippen LogP contribution in [-0.2, 0) is 16.0 Å². The quantitative estimate of drug-likeness (QED) is 0.294. The zero-order chi connectivity index (χ0) is 21.6. The van der Waals surface area contributed by atoms with Gasteiger partial charge in [-0.1, -0.05) is 49.6 Å². The maximum absolute atomic E-state index is 11.4. The second-order valence-corrected chi connectivity index (χ2v) is 9.74. The first-order valence-corrected chi connectivity index (χ1v) is 12.8. The molecule has 4 nitrogen and oxygen atoms in total. The molecule has 0 radical (unpaired) electrons. The van der Waals surface area contributed by atoms with Crippen LogP contribution >= 0.6 is 11.8 Å². The van der Waals surface area contributed by atoms with E-state index in [4.69, 9.17) is 4.74 Å². The molecule has 2 N–H and O–H groups in total. The van der Waals surface area contributed by atoms with Crippen molar-refractivity contribution in [3.63, 3.8) is 0 Å². The molecule has 1 aromatic rings. The number of aliphatic hydroxyl groups is 2. The Morgan fingerprint density at radius 3 is 2.67 bits per heavy atom. The van der Waals surface area contributed by atoms with Gasteiger partial charge in [0, 0.05) is 17.4 Å². The van der Waals surface area contributed by atoms with Crippen LogP contribution in [0.2, 0.25) is 0 Å². The molecule has 30 heavy (non-hydrogen) atoms. The first kappa shape index (κ1) is 25.2. The highest BCUT2D eigenvalue weighted by Crippen LogP contribution is 2.39. The summed E-state index contributed by atoms with van der Waals surface area (Å²) >= 11 is 1.86. The zero-order valence-corrected chi connectivity index (χ0v) is 19.3. The fraction of sp³-hybridized carbons (Fsp3) is 0.720. The number of carbonyl (C=O) groups is 1. The molecule has 0 aromatic heterocycles. The van der Waals surface area contributed by atoms with Crippen LogP contribution < -0.4 is 0 Å². The van der Waals surface area contributed by atoms with Crippen molar-refractivity contribution in [1.82, 2.24) is 0 Å². The molecule has 0 aliphatic heterocycles. The highest BCUT2D eigenvalue weighted by molar-refractivity contribution is 7.99. The molecular weight excluding hydrogens is 396 g/mol. The van der Waals surface area contributed by atoms with Crippen LogP contribution in [0.15, 0.2) is 30.3 Å². The number of rotatable bonds is 15. The van der Waals surface area contributed by atoms with E-state index in [1.807, 2.05) is 24.8 Å². The van der Waals surface area contributed by atoms with Crippen LogP contribution in [0.25, 0.3) is 0 Å². The molecule has 0 spiro atoms. The van der Waals surface area contributed by atoms with Gasteiger partial charge in [0.05, 0.1) is 18.8 Å². The third-order valence-corrected chi connectivity index (χ3v) is 7.63. The van der Waals surface area contributed by atoms with Crippen molar-refractivity contribution in [3.8, 4) is 0 Å². The van der Waals surface area contributed by atoms with E-state index in [9.17, 15) is 15.0 Å². The minimum Gasteiger partial charge on any atom is -0.466 e. The smallest absolute Gasteiger partial charge is 0.305 e. The zero-order valence-electron chi connectivity index (χ0n) is 18.5. The van der Waals surface area contributed by atoms with Crippen molar-refractivity contribution in [2.24, 2.45) is 5.92 Å². The molecule has 2 rings (SSSR count). The topological polar surface area (TPSA) is 66.8 Å². The molecule has 4 unspecified atom stereocenters. The molecule has 5 heteroatoms. The molecule has 1 aromatic carbocycles. The molecule has 0 heterocycles. The maximum atomic E-state index is 11.4. The Hall–Kier alpha value is -1.04. The van der Waals surface area contributed by atoms with Crippen LogP contribution in [-0.4, -0.2) is 46.0 Å². The van der Waals surface area contributed by atoms with Crippen LogP contribution in [0.1, 0.15) is 76.7 Å². The molecule has 0 bridgehead atoms. The predicted molar refractivity (Wildman–Crippen MR) is 125 cm³/mol. The number of thioether (sulfide) groups is 1. The SMILES string of the molecule is CCOC(=O)CCCCCCC1C(O)CCC1SCC(O)CCCc1ccccc1. The van der Waals surface area contributed by atoms with Crippen LogP contribution in [0.4, 0.5) is 0 Å². The molecule has 0 amide bonds. The summed E-state index contributed by atoms with van der Waals surface area (Å²) in [6.07, 6.45) is 10.0. The molecule has 1 aliphatic rings. The Kier molecular flexibility index (Phi) is 12.5. The number of benzene rings is 1. The average molecular weight is 437 g/mol. The monoisotopic (exact) mass is 436 g/mol. The number of carbonyl (C=O) groups excluding carboxylic acids is 1. The van der Waals surface area contributed by atoms with Gasteiger partial charge < -0.3 is 14.9 Å². The van der Waals surface area contributed by atoms with Crippen molar-refractivity contribution in [3.05, 3.63) is 35.9 Å². The van der Waals surface area contributed by atoms with E-state index in [0.29, 0.717) is 24.2 Å². The van der Waals surface area contributed by atoms with E-state index in [2.05, 4.69) is 24.3 Å². The van der Waals surface area contributed by atoms with Gasteiger partial charge in [0.25, 0.3) is 0 Å². The number of hydrogen-bond donors (Lipinski definition) is 2. The van der Waals surface area contributed by atoms with Gasteiger partial charge in [-0.15, -0.1) is 0 Å². The Labute approximate surface area is 186 Å². The summed E-state index contributed by atoms with van der Waals surface area (Å²) in [7, 11) is 0. The Morgan fingerprint density at radius 2 is 1.90 bits per heavy atom. The molecule has 170 valence electrons. The molecule has 1 fully saturated rings. The Bertz CT molecular complexity index is 580. The summed E-state index contributed by atoms with van der Waals surface area (Å²) in [6.45, 7) is 2.29. The third-order valence-electron chi connectivity index (χ3n) is 6.04. The first-order valence-electron chi connectivity index (χ1n) is 11.8. The summed E-state index contributed by atoms with van der Waals surface area (Å²) in [4.78, 5) is 11.4. The van der Waals surface area contributed by atoms with E-state index in [0.717, 1.165) is 70.0 Å². The average Bonchev–Trinajstić information content (AvgIpc) is 3.09. The van der Waals surface area contributed by atoms with Gasteiger partial charge in [0.2, 0.25) is 0 Å². The van der Waals surface area contributed by atoms with Crippen molar-refractivity contribution in [2.75, 3.05) is 12.4 Å². The van der Waals surface area contributed by atoms with Crippen LogP contribution in [0.3, 0.4) is 0 Å². The van der Waals surface area contributed by atoms with Crippen molar-refractivity contribution in [1.29, 1.82) is 0 Å². The van der Waals surface area contributed by atoms with Gasteiger partial charge in [-0.05, 0) is 63.4 Å². The second kappa shape index (κ2) is 14.9. The van der Waals surface area contributed by atoms with Gasteiger partial charge in [0.15, 0.2) is 0 Å². The number of aryl methyl sites for hydroxylation is 1. The van der Waals surface area contributed by atoms with E-state index in [-0.39, 0.29) is 18.2 Å². The minimum atomic E-state index is -0.264.